The number of nitrogens with one attached hydrogen (secondary N) is 1. The monoisotopic (exact) mass is 398 g/mol. The van der Waals surface area contributed by atoms with E-state index in [9.17, 15) is 9.59 Å². The molecule has 1 aromatic heterocycles. The number of carbonyl (C=O) groups is 2. The standard InChI is InChI=1S/C22H18N6O2/c1-22(18-13-7-9-15-8-5-6-12-17(15)18)20(29)27(21(30)23-22)14-19-24-25-26-28(19)16-10-3-2-4-11-16/h2-13H,14H2,1H3,(H,23,30). The molecule has 1 fully saturated rings. The van der Waals surface area contributed by atoms with Crippen LogP contribution in [-0.4, -0.2) is 37.0 Å². The van der Waals surface area contributed by atoms with Crippen molar-refractivity contribution in [2.75, 3.05) is 0 Å². The Morgan fingerprint density at radius 3 is 2.50 bits per heavy atom. The van der Waals surface area contributed by atoms with Crippen LogP contribution in [0.2, 0.25) is 0 Å². The molecule has 1 unspecified atom stereocenters. The quantitative estimate of drug-likeness (QED) is 0.534. The van der Waals surface area contributed by atoms with Gasteiger partial charge in [0.15, 0.2) is 5.82 Å². The Balaban J connectivity index is 1.51. The summed E-state index contributed by atoms with van der Waals surface area (Å²) >= 11 is 0. The molecule has 8 nitrogen and oxygen atoms in total. The SMILES string of the molecule is CC1(c2cccc3ccccc23)NC(=O)N(Cc2nnnn2-c2ccccc2)C1=O. The van der Waals surface area contributed by atoms with E-state index in [2.05, 4.69) is 20.8 Å². The molecule has 3 amide bonds. The largest absolute Gasteiger partial charge is 0.325 e. The molecule has 1 saturated heterocycles. The zero-order valence-corrected chi connectivity index (χ0v) is 16.2. The molecular weight excluding hydrogens is 380 g/mol. The molecule has 1 aliphatic heterocycles. The molecule has 1 N–H and O–H groups in total. The highest BCUT2D eigenvalue weighted by molar-refractivity contribution is 6.09. The van der Waals surface area contributed by atoms with Crippen molar-refractivity contribution in [2.45, 2.75) is 19.0 Å². The summed E-state index contributed by atoms with van der Waals surface area (Å²) in [6, 6.07) is 22.4. The highest BCUT2D eigenvalue weighted by Gasteiger charge is 2.50. The number of hydrogen-bond donors (Lipinski definition) is 1. The molecule has 0 saturated carbocycles. The third kappa shape index (κ3) is 2.73. The van der Waals surface area contributed by atoms with Gasteiger partial charge in [-0.25, -0.2) is 4.79 Å². The predicted octanol–water partition coefficient (Wildman–Crippen LogP) is 2.78. The molecule has 148 valence electrons. The topological polar surface area (TPSA) is 93.0 Å². The van der Waals surface area contributed by atoms with Crippen molar-refractivity contribution in [1.29, 1.82) is 0 Å². The van der Waals surface area contributed by atoms with Crippen LogP contribution in [0.4, 0.5) is 4.79 Å². The lowest BCUT2D eigenvalue weighted by atomic mass is 9.88. The summed E-state index contributed by atoms with van der Waals surface area (Å²) in [5.41, 5.74) is 0.327. The summed E-state index contributed by atoms with van der Waals surface area (Å²) in [5.74, 6) is 0.0540. The minimum atomic E-state index is -1.18. The summed E-state index contributed by atoms with van der Waals surface area (Å²) in [6.45, 7) is 1.70. The van der Waals surface area contributed by atoms with Gasteiger partial charge in [-0.2, -0.15) is 4.68 Å². The highest BCUT2D eigenvalue weighted by Crippen LogP contribution is 2.34. The Labute approximate surface area is 172 Å². The molecule has 0 spiro atoms. The van der Waals surface area contributed by atoms with Crippen molar-refractivity contribution in [1.82, 2.24) is 30.4 Å². The molecule has 0 aliphatic carbocycles. The Kier molecular flexibility index (Phi) is 4.06. The van der Waals surface area contributed by atoms with E-state index >= 15 is 0 Å². The lowest BCUT2D eigenvalue weighted by Gasteiger charge is -2.24. The Bertz CT molecular complexity index is 1260. The molecule has 8 heteroatoms. The molecule has 4 aromatic rings. The van der Waals surface area contributed by atoms with E-state index in [1.807, 2.05) is 72.8 Å². The molecule has 5 rings (SSSR count). The zero-order chi connectivity index (χ0) is 20.7. The predicted molar refractivity (Wildman–Crippen MR) is 110 cm³/mol. The van der Waals surface area contributed by atoms with Gasteiger partial charge in [-0.05, 0) is 45.8 Å². The average molecular weight is 398 g/mol. The van der Waals surface area contributed by atoms with Crippen LogP contribution in [0.3, 0.4) is 0 Å². The van der Waals surface area contributed by atoms with Crippen LogP contribution in [-0.2, 0) is 16.9 Å². The van der Waals surface area contributed by atoms with Gasteiger partial charge in [0.05, 0.1) is 12.2 Å². The van der Waals surface area contributed by atoms with Crippen LogP contribution in [0.5, 0.6) is 0 Å². The first kappa shape index (κ1) is 18.0. The Morgan fingerprint density at radius 1 is 0.933 bits per heavy atom. The van der Waals surface area contributed by atoms with E-state index in [0.29, 0.717) is 5.82 Å². The highest BCUT2D eigenvalue weighted by atomic mass is 16.2. The second kappa shape index (κ2) is 6.77. The van der Waals surface area contributed by atoms with Gasteiger partial charge in [0.2, 0.25) is 0 Å². The maximum Gasteiger partial charge on any atom is 0.325 e. The fourth-order valence-corrected chi connectivity index (χ4v) is 3.90. The molecule has 1 atom stereocenters. The number of tetrazole rings is 1. The number of para-hydroxylation sites is 1. The van der Waals surface area contributed by atoms with Crippen LogP contribution >= 0.6 is 0 Å². The van der Waals surface area contributed by atoms with Crippen molar-refractivity contribution in [2.24, 2.45) is 0 Å². The molecule has 0 radical (unpaired) electrons. The van der Waals surface area contributed by atoms with E-state index < -0.39 is 11.6 Å². The first-order valence-corrected chi connectivity index (χ1v) is 9.53. The lowest BCUT2D eigenvalue weighted by Crippen LogP contribution is -2.41. The van der Waals surface area contributed by atoms with E-state index in [0.717, 1.165) is 26.9 Å². The van der Waals surface area contributed by atoms with Gasteiger partial charge in [-0.15, -0.1) is 5.10 Å². The van der Waals surface area contributed by atoms with Crippen LogP contribution < -0.4 is 5.32 Å². The molecule has 0 bridgehead atoms. The normalized spacial score (nSPS) is 18.8. The Morgan fingerprint density at radius 2 is 1.67 bits per heavy atom. The summed E-state index contributed by atoms with van der Waals surface area (Å²) in [4.78, 5) is 27.4. The number of urea groups is 1. The summed E-state index contributed by atoms with van der Waals surface area (Å²) < 4.78 is 1.52. The first-order chi connectivity index (χ1) is 14.6. The minimum absolute atomic E-state index is 0.0348. The van der Waals surface area contributed by atoms with Crippen LogP contribution in [0.15, 0.2) is 72.8 Å². The molecule has 1 aliphatic rings. The molecule has 30 heavy (non-hydrogen) atoms. The van der Waals surface area contributed by atoms with Crippen molar-refractivity contribution < 1.29 is 9.59 Å². The maximum absolute atomic E-state index is 13.4. The van der Waals surface area contributed by atoms with Gasteiger partial charge in [0.25, 0.3) is 5.91 Å². The number of rotatable bonds is 4. The molecule has 3 aromatic carbocycles. The number of aromatic nitrogens is 4. The van der Waals surface area contributed by atoms with Gasteiger partial charge in [0, 0.05) is 0 Å². The Hall–Kier alpha value is -4.07. The number of hydrogen-bond acceptors (Lipinski definition) is 5. The summed E-state index contributed by atoms with van der Waals surface area (Å²) in [7, 11) is 0. The van der Waals surface area contributed by atoms with E-state index in [-0.39, 0.29) is 12.5 Å². The minimum Gasteiger partial charge on any atom is -0.319 e. The third-order valence-corrected chi connectivity index (χ3v) is 5.44. The van der Waals surface area contributed by atoms with Crippen LogP contribution in [0, 0.1) is 0 Å². The smallest absolute Gasteiger partial charge is 0.319 e. The van der Waals surface area contributed by atoms with Crippen LogP contribution in [0.25, 0.3) is 16.5 Å². The fourth-order valence-electron chi connectivity index (χ4n) is 3.90. The fraction of sp³-hybridized carbons (Fsp3) is 0.136. The number of carbonyl (C=O) groups excluding carboxylic acids is 2. The number of fused-ring (bicyclic) bond motifs is 1. The molecular formula is C22H18N6O2. The number of benzene rings is 3. The lowest BCUT2D eigenvalue weighted by molar-refractivity contribution is -0.131. The first-order valence-electron chi connectivity index (χ1n) is 9.53. The third-order valence-electron chi connectivity index (χ3n) is 5.44. The van der Waals surface area contributed by atoms with E-state index in [4.69, 9.17) is 0 Å². The van der Waals surface area contributed by atoms with Gasteiger partial charge in [-0.1, -0.05) is 60.7 Å². The summed E-state index contributed by atoms with van der Waals surface area (Å²) in [5, 5.41) is 16.5. The van der Waals surface area contributed by atoms with Gasteiger partial charge in [-0.3, -0.25) is 9.69 Å². The average Bonchev–Trinajstić information content (AvgIpc) is 3.33. The van der Waals surface area contributed by atoms with Crippen molar-refractivity contribution >= 4 is 22.7 Å². The zero-order valence-electron chi connectivity index (χ0n) is 16.2. The number of nitrogens with zero attached hydrogens (tertiary/aromatic N) is 5. The van der Waals surface area contributed by atoms with Crippen molar-refractivity contribution in [3.8, 4) is 5.69 Å². The van der Waals surface area contributed by atoms with E-state index in [1.54, 1.807) is 6.92 Å². The van der Waals surface area contributed by atoms with Crippen LogP contribution in [0.1, 0.15) is 18.3 Å². The number of imide groups is 1. The molecule has 2 heterocycles. The van der Waals surface area contributed by atoms with Gasteiger partial charge < -0.3 is 5.32 Å². The van der Waals surface area contributed by atoms with Crippen molar-refractivity contribution in [3.05, 3.63) is 84.2 Å². The van der Waals surface area contributed by atoms with E-state index in [1.165, 1.54) is 4.68 Å². The van der Waals surface area contributed by atoms with Crippen molar-refractivity contribution in [3.63, 3.8) is 0 Å². The second-order valence-electron chi connectivity index (χ2n) is 7.32. The second-order valence-corrected chi connectivity index (χ2v) is 7.32. The number of amides is 3. The summed E-state index contributed by atoms with van der Waals surface area (Å²) in [6.07, 6.45) is 0. The maximum atomic E-state index is 13.4. The van der Waals surface area contributed by atoms with Gasteiger partial charge >= 0.3 is 6.03 Å². The van der Waals surface area contributed by atoms with Gasteiger partial charge in [0.1, 0.15) is 5.54 Å².